The van der Waals surface area contributed by atoms with Crippen LogP contribution in [0.3, 0.4) is 0 Å². The van der Waals surface area contributed by atoms with Crippen LogP contribution in [0, 0.1) is 9.38 Å². The van der Waals surface area contributed by atoms with E-state index in [1.54, 1.807) is 0 Å². The Morgan fingerprint density at radius 2 is 1.89 bits per heavy atom. The van der Waals surface area contributed by atoms with E-state index in [2.05, 4.69) is 4.12 Å². The van der Waals surface area contributed by atoms with Crippen molar-refractivity contribution in [1.29, 1.82) is 5.26 Å². The molecule has 0 saturated heterocycles. The van der Waals surface area contributed by atoms with Crippen molar-refractivity contribution in [2.75, 3.05) is 0 Å². The molecule has 44 valence electrons. The standard InChI is InChI=1S/C7H5NTe/c8-6-9-7-4-2-1-3-5-7/h1-5H. The summed E-state index contributed by atoms with van der Waals surface area (Å²) in [5.41, 5.74) is 0. The molecule has 1 aromatic rings. The Bertz CT molecular complexity index is 212. The molecule has 0 aromatic heterocycles. The van der Waals surface area contributed by atoms with Gasteiger partial charge in [0.15, 0.2) is 0 Å². The first-order valence-electron chi connectivity index (χ1n) is 2.54. The van der Waals surface area contributed by atoms with Gasteiger partial charge in [0.2, 0.25) is 0 Å². The Labute approximate surface area is 64.4 Å². The van der Waals surface area contributed by atoms with E-state index in [1.807, 2.05) is 30.3 Å². The number of rotatable bonds is 1. The first kappa shape index (κ1) is 6.62. The zero-order valence-electron chi connectivity index (χ0n) is 4.74. The summed E-state index contributed by atoms with van der Waals surface area (Å²) in [5, 5.41) is 8.33. The molecule has 9 heavy (non-hydrogen) atoms. The van der Waals surface area contributed by atoms with Crippen LogP contribution in [-0.2, 0) is 0 Å². The maximum atomic E-state index is 8.33. The van der Waals surface area contributed by atoms with Gasteiger partial charge in [0.1, 0.15) is 0 Å². The molecule has 0 aliphatic rings. The zero-order chi connectivity index (χ0) is 6.53. The topological polar surface area (TPSA) is 23.8 Å². The van der Waals surface area contributed by atoms with E-state index in [9.17, 15) is 0 Å². The monoisotopic (exact) mass is 233 g/mol. The van der Waals surface area contributed by atoms with Crippen LogP contribution in [0.2, 0.25) is 0 Å². The zero-order valence-corrected chi connectivity index (χ0v) is 7.07. The van der Waals surface area contributed by atoms with Crippen molar-refractivity contribution < 1.29 is 0 Å². The number of benzene rings is 1. The Morgan fingerprint density at radius 3 is 2.44 bits per heavy atom. The van der Waals surface area contributed by atoms with E-state index in [0.29, 0.717) is 0 Å². The van der Waals surface area contributed by atoms with Gasteiger partial charge in [-0.3, -0.25) is 0 Å². The summed E-state index contributed by atoms with van der Waals surface area (Å²) < 4.78 is 3.43. The van der Waals surface area contributed by atoms with Gasteiger partial charge in [-0.1, -0.05) is 0 Å². The summed E-state index contributed by atoms with van der Waals surface area (Å²) in [7, 11) is 0. The summed E-state index contributed by atoms with van der Waals surface area (Å²) >= 11 is -0.524. The fraction of sp³-hybridized carbons (Fsp3) is 0. The molecule has 1 rings (SSSR count). The quantitative estimate of drug-likeness (QED) is 0.645. The van der Waals surface area contributed by atoms with Crippen LogP contribution in [0.5, 0.6) is 0 Å². The number of nitrogens with zero attached hydrogens (tertiary/aromatic N) is 1. The molecule has 0 atom stereocenters. The molecule has 0 N–H and O–H groups in total. The molecule has 0 bridgehead atoms. The molecule has 2 heteroatoms. The average Bonchev–Trinajstić information content (AvgIpc) is 1.91. The van der Waals surface area contributed by atoms with Gasteiger partial charge in [-0.25, -0.2) is 0 Å². The maximum absolute atomic E-state index is 8.33. The Morgan fingerprint density at radius 1 is 1.22 bits per heavy atom. The van der Waals surface area contributed by atoms with Crippen molar-refractivity contribution in [2.24, 2.45) is 0 Å². The minimum absolute atomic E-state index is 0.524. The fourth-order valence-electron chi connectivity index (χ4n) is 0.541. The molecule has 0 heterocycles. The first-order chi connectivity index (χ1) is 4.43. The van der Waals surface area contributed by atoms with E-state index in [4.69, 9.17) is 5.26 Å². The van der Waals surface area contributed by atoms with Gasteiger partial charge in [-0.05, 0) is 0 Å². The molecular weight excluding hydrogens is 226 g/mol. The van der Waals surface area contributed by atoms with Crippen LogP contribution in [0.4, 0.5) is 0 Å². The van der Waals surface area contributed by atoms with Crippen molar-refractivity contribution >= 4 is 24.5 Å². The van der Waals surface area contributed by atoms with Crippen molar-refractivity contribution in [3.8, 4) is 4.12 Å². The van der Waals surface area contributed by atoms with Gasteiger partial charge in [0, 0.05) is 0 Å². The molecule has 0 aliphatic heterocycles. The first-order valence-corrected chi connectivity index (χ1v) is 4.87. The fourth-order valence-corrected chi connectivity index (χ4v) is 1.68. The van der Waals surface area contributed by atoms with E-state index in [1.165, 1.54) is 3.61 Å². The second-order valence-corrected chi connectivity index (χ2v) is 3.96. The van der Waals surface area contributed by atoms with Gasteiger partial charge in [0.05, 0.1) is 0 Å². The predicted molar refractivity (Wildman–Crippen MR) is 37.4 cm³/mol. The van der Waals surface area contributed by atoms with Crippen molar-refractivity contribution in [3.05, 3.63) is 30.3 Å². The second-order valence-electron chi connectivity index (χ2n) is 1.51. The Kier molecular flexibility index (Phi) is 2.58. The van der Waals surface area contributed by atoms with Crippen LogP contribution >= 0.6 is 0 Å². The second kappa shape index (κ2) is 3.51. The summed E-state index contributed by atoms with van der Waals surface area (Å²) in [4.78, 5) is 0. The van der Waals surface area contributed by atoms with Crippen molar-refractivity contribution in [3.63, 3.8) is 0 Å². The third kappa shape index (κ3) is 2.06. The van der Waals surface area contributed by atoms with Gasteiger partial charge in [-0.15, -0.1) is 0 Å². The molecule has 0 saturated carbocycles. The molecule has 0 amide bonds. The summed E-state index contributed by atoms with van der Waals surface area (Å²) in [6, 6.07) is 9.92. The average molecular weight is 231 g/mol. The molecule has 0 aliphatic carbocycles. The molecule has 0 fully saturated rings. The SMILES string of the molecule is N#C[Te]c1ccccc1. The molecule has 1 nitrogen and oxygen atoms in total. The van der Waals surface area contributed by atoms with Crippen molar-refractivity contribution in [1.82, 2.24) is 0 Å². The van der Waals surface area contributed by atoms with Crippen LogP contribution < -0.4 is 3.61 Å². The third-order valence-corrected chi connectivity index (χ3v) is 2.62. The van der Waals surface area contributed by atoms with E-state index < -0.39 is 20.9 Å². The Balaban J connectivity index is 2.76. The van der Waals surface area contributed by atoms with Gasteiger partial charge in [-0.2, -0.15) is 0 Å². The molecule has 0 spiro atoms. The normalized spacial score (nSPS) is 8.33. The predicted octanol–water partition coefficient (Wildman–Crippen LogP) is 0.497. The molecule has 0 radical (unpaired) electrons. The van der Waals surface area contributed by atoms with Crippen LogP contribution in [0.1, 0.15) is 0 Å². The minimum atomic E-state index is -0.524. The van der Waals surface area contributed by atoms with Crippen LogP contribution in [0.25, 0.3) is 0 Å². The molecule has 0 unspecified atom stereocenters. The number of nitriles is 1. The molecular formula is C7H5NTe. The molecule has 1 aromatic carbocycles. The number of hydrogen-bond donors (Lipinski definition) is 0. The third-order valence-electron chi connectivity index (χ3n) is 0.907. The summed E-state index contributed by atoms with van der Waals surface area (Å²) in [5.74, 6) is 0. The van der Waals surface area contributed by atoms with Crippen LogP contribution in [0.15, 0.2) is 30.3 Å². The van der Waals surface area contributed by atoms with Gasteiger partial charge >= 0.3 is 64.2 Å². The summed E-state index contributed by atoms with van der Waals surface area (Å²) in [6.07, 6.45) is 0. The van der Waals surface area contributed by atoms with E-state index in [-0.39, 0.29) is 0 Å². The summed E-state index contributed by atoms with van der Waals surface area (Å²) in [6.45, 7) is 0. The van der Waals surface area contributed by atoms with E-state index in [0.717, 1.165) is 0 Å². The van der Waals surface area contributed by atoms with Gasteiger partial charge < -0.3 is 0 Å². The number of hydrogen-bond acceptors (Lipinski definition) is 1. The van der Waals surface area contributed by atoms with Gasteiger partial charge in [0.25, 0.3) is 0 Å². The van der Waals surface area contributed by atoms with E-state index >= 15 is 0 Å². The van der Waals surface area contributed by atoms with Crippen LogP contribution in [-0.4, -0.2) is 20.9 Å². The van der Waals surface area contributed by atoms with Crippen molar-refractivity contribution in [2.45, 2.75) is 0 Å². The Hall–Kier alpha value is -0.500.